The summed E-state index contributed by atoms with van der Waals surface area (Å²) in [5.74, 6) is 0.445. The van der Waals surface area contributed by atoms with Gasteiger partial charge >= 0.3 is 0 Å². The maximum absolute atomic E-state index is 8.90. The summed E-state index contributed by atoms with van der Waals surface area (Å²) in [6, 6.07) is 6.34. The molecule has 3 heteroatoms. The zero-order valence-corrected chi connectivity index (χ0v) is 12.5. The van der Waals surface area contributed by atoms with E-state index >= 15 is 0 Å². The molecule has 0 unspecified atom stereocenters. The average Bonchev–Trinajstić information content (AvgIpc) is 2.38. The smallest absolute Gasteiger partial charge is 0.0431 e. The van der Waals surface area contributed by atoms with E-state index in [1.165, 1.54) is 11.3 Å². The van der Waals surface area contributed by atoms with Crippen LogP contribution >= 0.6 is 0 Å². The maximum Gasteiger partial charge on any atom is 0.0431 e. The van der Waals surface area contributed by atoms with E-state index in [9.17, 15) is 0 Å². The highest BCUT2D eigenvalue weighted by atomic mass is 16.2. The topological polar surface area (TPSA) is 49.5 Å². The molecule has 0 aliphatic carbocycles. The second-order valence-electron chi connectivity index (χ2n) is 5.39. The van der Waals surface area contributed by atoms with Crippen LogP contribution in [0.4, 0.5) is 11.4 Å². The standard InChI is InChI=1S/C16H28N2O/c1-4-9-18(10-5-6-11-19)14-7-8-16(17)15(12-14)13(2)3/h7-8,12-13,19H,4-6,9-11,17H2,1-3H3. The van der Waals surface area contributed by atoms with Crippen LogP contribution in [0.15, 0.2) is 18.2 Å². The van der Waals surface area contributed by atoms with Crippen LogP contribution in [0.1, 0.15) is 51.5 Å². The lowest BCUT2D eigenvalue weighted by Crippen LogP contribution is -2.25. The Morgan fingerprint density at radius 2 is 1.95 bits per heavy atom. The third-order valence-electron chi connectivity index (χ3n) is 3.39. The Hall–Kier alpha value is -1.22. The molecular formula is C16H28N2O. The molecule has 0 aliphatic rings. The molecule has 0 heterocycles. The number of benzene rings is 1. The van der Waals surface area contributed by atoms with Crippen LogP contribution in [0.5, 0.6) is 0 Å². The molecule has 0 radical (unpaired) electrons. The molecule has 0 bridgehead atoms. The van der Waals surface area contributed by atoms with Gasteiger partial charge in [-0.15, -0.1) is 0 Å². The number of aliphatic hydroxyl groups is 1. The van der Waals surface area contributed by atoms with Gasteiger partial charge in [-0.2, -0.15) is 0 Å². The van der Waals surface area contributed by atoms with Crippen LogP contribution in [-0.4, -0.2) is 24.8 Å². The number of nitrogens with zero attached hydrogens (tertiary/aromatic N) is 1. The van der Waals surface area contributed by atoms with E-state index in [-0.39, 0.29) is 6.61 Å². The summed E-state index contributed by atoms with van der Waals surface area (Å²) < 4.78 is 0. The highest BCUT2D eigenvalue weighted by Crippen LogP contribution is 2.27. The molecule has 0 saturated heterocycles. The zero-order chi connectivity index (χ0) is 14.3. The molecule has 0 saturated carbocycles. The number of rotatable bonds is 8. The minimum absolute atomic E-state index is 0.277. The van der Waals surface area contributed by atoms with Crippen LogP contribution in [0.3, 0.4) is 0 Å². The fourth-order valence-electron chi connectivity index (χ4n) is 2.31. The molecule has 0 fully saturated rings. The SMILES string of the molecule is CCCN(CCCCO)c1ccc(N)c(C(C)C)c1. The van der Waals surface area contributed by atoms with Crippen LogP contribution in [-0.2, 0) is 0 Å². The van der Waals surface area contributed by atoms with E-state index in [1.54, 1.807) is 0 Å². The molecule has 0 atom stereocenters. The predicted molar refractivity (Wildman–Crippen MR) is 83.8 cm³/mol. The van der Waals surface area contributed by atoms with Gasteiger partial charge in [0.15, 0.2) is 0 Å². The number of hydrogen-bond donors (Lipinski definition) is 2. The Bertz CT molecular complexity index is 377. The highest BCUT2D eigenvalue weighted by molar-refractivity contribution is 5.59. The van der Waals surface area contributed by atoms with Crippen molar-refractivity contribution in [3.63, 3.8) is 0 Å². The van der Waals surface area contributed by atoms with Crippen molar-refractivity contribution in [3.8, 4) is 0 Å². The molecule has 1 aromatic rings. The highest BCUT2D eigenvalue weighted by Gasteiger charge is 2.10. The summed E-state index contributed by atoms with van der Waals surface area (Å²) in [6.45, 7) is 8.86. The van der Waals surface area contributed by atoms with Crippen LogP contribution in [0.2, 0.25) is 0 Å². The lowest BCUT2D eigenvalue weighted by atomic mass is 10.00. The van der Waals surface area contributed by atoms with Gasteiger partial charge in [-0.3, -0.25) is 0 Å². The van der Waals surface area contributed by atoms with Crippen molar-refractivity contribution in [3.05, 3.63) is 23.8 Å². The van der Waals surface area contributed by atoms with Crippen molar-refractivity contribution >= 4 is 11.4 Å². The monoisotopic (exact) mass is 264 g/mol. The van der Waals surface area contributed by atoms with Gasteiger partial charge in [-0.25, -0.2) is 0 Å². The number of aliphatic hydroxyl groups excluding tert-OH is 1. The number of hydrogen-bond acceptors (Lipinski definition) is 3. The second-order valence-corrected chi connectivity index (χ2v) is 5.39. The number of nitrogen functional groups attached to an aromatic ring is 1. The van der Waals surface area contributed by atoms with Crippen LogP contribution in [0.25, 0.3) is 0 Å². The lowest BCUT2D eigenvalue weighted by molar-refractivity contribution is 0.285. The van der Waals surface area contributed by atoms with E-state index < -0.39 is 0 Å². The van der Waals surface area contributed by atoms with Crippen molar-refractivity contribution in [2.24, 2.45) is 0 Å². The van der Waals surface area contributed by atoms with Crippen molar-refractivity contribution in [1.29, 1.82) is 0 Å². The van der Waals surface area contributed by atoms with Crippen molar-refractivity contribution < 1.29 is 5.11 Å². The number of unbranched alkanes of at least 4 members (excludes halogenated alkanes) is 1. The van der Waals surface area contributed by atoms with E-state index in [0.717, 1.165) is 38.0 Å². The number of nitrogens with two attached hydrogens (primary N) is 1. The molecule has 19 heavy (non-hydrogen) atoms. The average molecular weight is 264 g/mol. The van der Waals surface area contributed by atoms with E-state index in [0.29, 0.717) is 5.92 Å². The third-order valence-corrected chi connectivity index (χ3v) is 3.39. The maximum atomic E-state index is 8.90. The summed E-state index contributed by atoms with van der Waals surface area (Å²) in [4.78, 5) is 2.39. The van der Waals surface area contributed by atoms with E-state index in [4.69, 9.17) is 10.8 Å². The summed E-state index contributed by atoms with van der Waals surface area (Å²) in [5.41, 5.74) is 9.39. The minimum atomic E-state index is 0.277. The fraction of sp³-hybridized carbons (Fsp3) is 0.625. The van der Waals surface area contributed by atoms with Gasteiger partial charge < -0.3 is 15.7 Å². The van der Waals surface area contributed by atoms with Crippen molar-refractivity contribution in [2.75, 3.05) is 30.3 Å². The molecule has 0 aliphatic heterocycles. The fourth-order valence-corrected chi connectivity index (χ4v) is 2.31. The summed E-state index contributed by atoms with van der Waals surface area (Å²) in [7, 11) is 0. The Morgan fingerprint density at radius 1 is 1.21 bits per heavy atom. The molecule has 0 aromatic heterocycles. The molecule has 1 aromatic carbocycles. The molecular weight excluding hydrogens is 236 g/mol. The summed E-state index contributed by atoms with van der Waals surface area (Å²) in [5, 5.41) is 8.90. The first-order chi connectivity index (χ1) is 9.10. The Labute approximate surface area is 117 Å². The first kappa shape index (κ1) is 15.8. The second kappa shape index (κ2) is 8.05. The molecule has 0 amide bonds. The van der Waals surface area contributed by atoms with Gasteiger partial charge in [-0.1, -0.05) is 20.8 Å². The number of anilines is 2. The summed E-state index contributed by atoms with van der Waals surface area (Å²) in [6.07, 6.45) is 3.02. The molecule has 0 spiro atoms. The van der Waals surface area contributed by atoms with Crippen molar-refractivity contribution in [2.45, 2.75) is 46.0 Å². The minimum Gasteiger partial charge on any atom is -0.398 e. The van der Waals surface area contributed by atoms with Gasteiger partial charge in [0.1, 0.15) is 0 Å². The Morgan fingerprint density at radius 3 is 2.53 bits per heavy atom. The van der Waals surface area contributed by atoms with Gasteiger partial charge in [0.05, 0.1) is 0 Å². The summed E-state index contributed by atoms with van der Waals surface area (Å²) >= 11 is 0. The Balaban J connectivity index is 2.85. The van der Waals surface area contributed by atoms with Gasteiger partial charge in [0, 0.05) is 31.1 Å². The van der Waals surface area contributed by atoms with E-state index in [2.05, 4.69) is 37.8 Å². The molecule has 1 rings (SSSR count). The van der Waals surface area contributed by atoms with Crippen molar-refractivity contribution in [1.82, 2.24) is 0 Å². The lowest BCUT2D eigenvalue weighted by Gasteiger charge is -2.26. The Kier molecular flexibility index (Phi) is 6.71. The predicted octanol–water partition coefficient (Wildman–Crippen LogP) is 3.38. The normalized spacial score (nSPS) is 11.0. The van der Waals surface area contributed by atoms with E-state index in [1.807, 2.05) is 6.07 Å². The largest absolute Gasteiger partial charge is 0.398 e. The van der Waals surface area contributed by atoms with Gasteiger partial charge in [-0.05, 0) is 48.9 Å². The quantitative estimate of drug-likeness (QED) is 0.559. The van der Waals surface area contributed by atoms with Crippen LogP contribution in [0, 0.1) is 0 Å². The zero-order valence-electron chi connectivity index (χ0n) is 12.5. The first-order valence-electron chi connectivity index (χ1n) is 7.35. The van der Waals surface area contributed by atoms with Gasteiger partial charge in [0.2, 0.25) is 0 Å². The molecule has 108 valence electrons. The van der Waals surface area contributed by atoms with Crippen LogP contribution < -0.4 is 10.6 Å². The van der Waals surface area contributed by atoms with Gasteiger partial charge in [0.25, 0.3) is 0 Å². The molecule has 3 nitrogen and oxygen atoms in total. The molecule has 3 N–H and O–H groups in total. The third kappa shape index (κ3) is 4.75. The first-order valence-corrected chi connectivity index (χ1v) is 7.35.